The number of H-pyrrole nitrogens is 1. The van der Waals surface area contributed by atoms with Crippen molar-refractivity contribution in [1.29, 1.82) is 0 Å². The normalized spacial score (nSPS) is 12.2. The zero-order valence-corrected chi connectivity index (χ0v) is 11.4. The minimum Gasteiger partial charge on any atom is -0.377 e. The first-order valence-electron chi connectivity index (χ1n) is 5.54. The molecule has 0 radical (unpaired) electrons. The number of methoxy groups -OCH3 is 1. The zero-order valence-electron chi connectivity index (χ0n) is 10.6. The average molecular weight is 251 g/mol. The molecule has 0 bridgehead atoms. The SMILES string of the molecule is COC(C)(C)Cn1c(=S)[nH]c2c(C)ccnc21. The van der Waals surface area contributed by atoms with Gasteiger partial charge in [0.25, 0.3) is 0 Å². The molecule has 0 saturated carbocycles. The minimum absolute atomic E-state index is 0.265. The number of hydrogen-bond donors (Lipinski definition) is 1. The Morgan fingerprint density at radius 3 is 2.88 bits per heavy atom. The number of fused-ring (bicyclic) bond motifs is 1. The molecule has 0 aliphatic rings. The van der Waals surface area contributed by atoms with Gasteiger partial charge in [-0.3, -0.25) is 4.57 Å². The number of aromatic nitrogens is 3. The molecule has 0 saturated heterocycles. The largest absolute Gasteiger partial charge is 0.377 e. The first-order valence-corrected chi connectivity index (χ1v) is 5.95. The molecule has 4 nitrogen and oxygen atoms in total. The summed E-state index contributed by atoms with van der Waals surface area (Å²) in [6, 6.07) is 1.97. The Balaban J connectivity index is 2.58. The fourth-order valence-corrected chi connectivity index (χ4v) is 2.02. The maximum absolute atomic E-state index is 5.44. The van der Waals surface area contributed by atoms with Crippen LogP contribution in [0.5, 0.6) is 0 Å². The van der Waals surface area contributed by atoms with Crippen molar-refractivity contribution in [1.82, 2.24) is 14.5 Å². The Bertz CT molecular complexity index is 597. The van der Waals surface area contributed by atoms with Crippen LogP contribution in [-0.2, 0) is 11.3 Å². The monoisotopic (exact) mass is 251 g/mol. The van der Waals surface area contributed by atoms with E-state index >= 15 is 0 Å². The molecule has 17 heavy (non-hydrogen) atoms. The number of pyridine rings is 1. The van der Waals surface area contributed by atoms with Gasteiger partial charge in [-0.1, -0.05) is 0 Å². The number of aromatic amines is 1. The average Bonchev–Trinajstić information content (AvgIpc) is 2.58. The van der Waals surface area contributed by atoms with Gasteiger partial charge in [-0.05, 0) is 44.6 Å². The fraction of sp³-hybridized carbons (Fsp3) is 0.500. The minimum atomic E-state index is -0.265. The topological polar surface area (TPSA) is 42.8 Å². The maximum Gasteiger partial charge on any atom is 0.179 e. The van der Waals surface area contributed by atoms with Crippen LogP contribution in [0.1, 0.15) is 19.4 Å². The lowest BCUT2D eigenvalue weighted by Crippen LogP contribution is -2.29. The van der Waals surface area contributed by atoms with E-state index in [4.69, 9.17) is 17.0 Å². The number of ether oxygens (including phenoxy) is 1. The molecule has 2 heterocycles. The summed E-state index contributed by atoms with van der Waals surface area (Å²) in [6.07, 6.45) is 1.80. The van der Waals surface area contributed by atoms with Crippen molar-refractivity contribution in [2.75, 3.05) is 7.11 Å². The van der Waals surface area contributed by atoms with Gasteiger partial charge in [0.05, 0.1) is 17.7 Å². The third-order valence-corrected chi connectivity index (χ3v) is 3.29. The second-order valence-electron chi connectivity index (χ2n) is 4.81. The maximum atomic E-state index is 5.44. The van der Waals surface area contributed by atoms with Crippen molar-refractivity contribution in [3.8, 4) is 0 Å². The highest BCUT2D eigenvalue weighted by molar-refractivity contribution is 7.71. The summed E-state index contributed by atoms with van der Waals surface area (Å²) >= 11 is 5.34. The van der Waals surface area contributed by atoms with E-state index in [1.54, 1.807) is 13.3 Å². The van der Waals surface area contributed by atoms with Crippen LogP contribution in [-0.4, -0.2) is 27.2 Å². The molecule has 0 spiro atoms. The van der Waals surface area contributed by atoms with Gasteiger partial charge in [-0.25, -0.2) is 4.98 Å². The van der Waals surface area contributed by atoms with Crippen LogP contribution in [0.3, 0.4) is 0 Å². The lowest BCUT2D eigenvalue weighted by molar-refractivity contribution is 0.00862. The Hall–Kier alpha value is -1.20. The van der Waals surface area contributed by atoms with E-state index < -0.39 is 0 Å². The lowest BCUT2D eigenvalue weighted by Gasteiger charge is -2.23. The van der Waals surface area contributed by atoms with Crippen LogP contribution >= 0.6 is 12.2 Å². The third-order valence-electron chi connectivity index (χ3n) is 2.96. The van der Waals surface area contributed by atoms with Crippen molar-refractivity contribution in [2.24, 2.45) is 0 Å². The van der Waals surface area contributed by atoms with Gasteiger partial charge in [-0.15, -0.1) is 0 Å². The predicted octanol–water partition coefficient (Wildman–Crippen LogP) is 2.83. The number of rotatable bonds is 3. The first-order chi connectivity index (χ1) is 7.94. The second kappa shape index (κ2) is 4.23. The number of imidazole rings is 1. The quantitative estimate of drug-likeness (QED) is 0.853. The number of nitrogens with one attached hydrogen (secondary N) is 1. The van der Waals surface area contributed by atoms with E-state index in [1.807, 2.05) is 31.4 Å². The van der Waals surface area contributed by atoms with Crippen molar-refractivity contribution < 1.29 is 4.74 Å². The predicted molar refractivity (Wildman–Crippen MR) is 70.7 cm³/mol. The summed E-state index contributed by atoms with van der Waals surface area (Å²) < 4.78 is 8.11. The van der Waals surface area contributed by atoms with Crippen LogP contribution < -0.4 is 0 Å². The molecule has 0 aliphatic carbocycles. The molecule has 0 fully saturated rings. The summed E-state index contributed by atoms with van der Waals surface area (Å²) in [5.41, 5.74) is 2.78. The van der Waals surface area contributed by atoms with E-state index in [0.717, 1.165) is 16.7 Å². The number of aryl methyl sites for hydroxylation is 1. The van der Waals surface area contributed by atoms with Crippen LogP contribution in [0, 0.1) is 11.7 Å². The van der Waals surface area contributed by atoms with Crippen LogP contribution in [0.15, 0.2) is 12.3 Å². The second-order valence-corrected chi connectivity index (χ2v) is 5.19. The van der Waals surface area contributed by atoms with Crippen molar-refractivity contribution >= 4 is 23.4 Å². The molecule has 0 unspecified atom stereocenters. The molecule has 0 amide bonds. The zero-order chi connectivity index (χ0) is 12.6. The van der Waals surface area contributed by atoms with Gasteiger partial charge in [0.15, 0.2) is 10.4 Å². The Morgan fingerprint density at radius 2 is 2.24 bits per heavy atom. The standard InChI is InChI=1S/C12H17N3OS/c1-8-5-6-13-10-9(8)14-11(17)15(10)7-12(2,3)16-4/h5-6H,7H2,1-4H3,(H,14,17). The molecule has 5 heteroatoms. The van der Waals surface area contributed by atoms with E-state index in [1.165, 1.54) is 0 Å². The molecule has 92 valence electrons. The molecule has 2 rings (SSSR count). The Labute approximate surface area is 106 Å². The summed E-state index contributed by atoms with van der Waals surface area (Å²) in [5.74, 6) is 0. The molecule has 2 aromatic rings. The molecular formula is C12H17N3OS. The van der Waals surface area contributed by atoms with E-state index in [9.17, 15) is 0 Å². The summed E-state index contributed by atoms with van der Waals surface area (Å²) in [4.78, 5) is 7.59. The molecular weight excluding hydrogens is 234 g/mol. The smallest absolute Gasteiger partial charge is 0.179 e. The highest BCUT2D eigenvalue weighted by Gasteiger charge is 2.20. The van der Waals surface area contributed by atoms with Gasteiger partial charge in [-0.2, -0.15) is 0 Å². The van der Waals surface area contributed by atoms with Gasteiger partial charge >= 0.3 is 0 Å². The van der Waals surface area contributed by atoms with Gasteiger partial charge < -0.3 is 9.72 Å². The number of hydrogen-bond acceptors (Lipinski definition) is 3. The molecule has 0 aromatic carbocycles. The van der Waals surface area contributed by atoms with Gasteiger partial charge in [0.2, 0.25) is 0 Å². The molecule has 0 atom stereocenters. The van der Waals surface area contributed by atoms with Crippen molar-refractivity contribution in [2.45, 2.75) is 32.9 Å². The Morgan fingerprint density at radius 1 is 1.53 bits per heavy atom. The highest BCUT2D eigenvalue weighted by Crippen LogP contribution is 2.19. The Kier molecular flexibility index (Phi) is 3.05. The van der Waals surface area contributed by atoms with E-state index in [-0.39, 0.29) is 5.60 Å². The molecule has 2 aromatic heterocycles. The van der Waals surface area contributed by atoms with Crippen LogP contribution in [0.4, 0.5) is 0 Å². The molecule has 0 aliphatic heterocycles. The highest BCUT2D eigenvalue weighted by atomic mass is 32.1. The molecule has 1 N–H and O–H groups in total. The summed E-state index contributed by atoms with van der Waals surface area (Å²) in [5, 5.41) is 0. The van der Waals surface area contributed by atoms with Crippen molar-refractivity contribution in [3.05, 3.63) is 22.6 Å². The number of nitrogens with zero attached hydrogens (tertiary/aromatic N) is 2. The van der Waals surface area contributed by atoms with Gasteiger partial charge in [0.1, 0.15) is 0 Å². The van der Waals surface area contributed by atoms with E-state index in [0.29, 0.717) is 11.3 Å². The summed E-state index contributed by atoms with van der Waals surface area (Å²) in [6.45, 7) is 6.78. The third kappa shape index (κ3) is 2.25. The summed E-state index contributed by atoms with van der Waals surface area (Å²) in [7, 11) is 1.71. The van der Waals surface area contributed by atoms with Crippen LogP contribution in [0.2, 0.25) is 0 Å². The van der Waals surface area contributed by atoms with Crippen molar-refractivity contribution in [3.63, 3.8) is 0 Å². The van der Waals surface area contributed by atoms with Gasteiger partial charge in [0, 0.05) is 13.3 Å². The fourth-order valence-electron chi connectivity index (χ4n) is 1.77. The first kappa shape index (κ1) is 12.3. The van der Waals surface area contributed by atoms with Crippen LogP contribution in [0.25, 0.3) is 11.2 Å². The lowest BCUT2D eigenvalue weighted by atomic mass is 10.1. The van der Waals surface area contributed by atoms with E-state index in [2.05, 4.69) is 9.97 Å².